The third-order valence-electron chi connectivity index (χ3n) is 2.73. The van der Waals surface area contributed by atoms with Gasteiger partial charge >= 0.3 is 0 Å². The molecule has 1 atom stereocenters. The second-order valence-corrected chi connectivity index (χ2v) is 4.13. The van der Waals surface area contributed by atoms with Gasteiger partial charge in [0.05, 0.1) is 6.61 Å². The fourth-order valence-corrected chi connectivity index (χ4v) is 1.89. The molecule has 2 rings (SSSR count). The van der Waals surface area contributed by atoms with Gasteiger partial charge in [-0.05, 0) is 37.6 Å². The van der Waals surface area contributed by atoms with E-state index in [1.54, 1.807) is 0 Å². The molecule has 3 heteroatoms. The van der Waals surface area contributed by atoms with Crippen LogP contribution in [-0.4, -0.2) is 26.4 Å². The van der Waals surface area contributed by atoms with Gasteiger partial charge in [0.25, 0.3) is 0 Å². The van der Waals surface area contributed by atoms with Crippen molar-refractivity contribution in [2.24, 2.45) is 0 Å². The van der Waals surface area contributed by atoms with Crippen LogP contribution >= 0.6 is 0 Å². The first-order valence-electron chi connectivity index (χ1n) is 5.86. The third-order valence-corrected chi connectivity index (χ3v) is 2.73. The Bertz CT molecular complexity index is 304. The molecular formula is C13H19NO2. The van der Waals surface area contributed by atoms with Crippen LogP contribution in [0.15, 0.2) is 24.3 Å². The molecule has 0 saturated carbocycles. The minimum atomic E-state index is 0.226. The lowest BCUT2D eigenvalue weighted by Crippen LogP contribution is -2.27. The minimum absolute atomic E-state index is 0.226. The maximum absolute atomic E-state index is 5.84. The predicted molar refractivity (Wildman–Crippen MR) is 63.7 cm³/mol. The number of hydrogen-bond acceptors (Lipinski definition) is 3. The fourth-order valence-electron chi connectivity index (χ4n) is 1.89. The number of ether oxygens (including phenoxy) is 2. The van der Waals surface area contributed by atoms with Crippen LogP contribution in [0.25, 0.3) is 0 Å². The van der Waals surface area contributed by atoms with Crippen molar-refractivity contribution in [2.45, 2.75) is 25.5 Å². The average Bonchev–Trinajstić information content (AvgIpc) is 2.33. The molecule has 0 amide bonds. The molecule has 88 valence electrons. The molecule has 1 N–H and O–H groups in total. The van der Waals surface area contributed by atoms with Gasteiger partial charge in [0.1, 0.15) is 11.9 Å². The van der Waals surface area contributed by atoms with E-state index in [1.807, 2.05) is 19.2 Å². The van der Waals surface area contributed by atoms with E-state index in [4.69, 9.17) is 9.47 Å². The first kappa shape index (κ1) is 11.4. The molecule has 0 aliphatic carbocycles. The van der Waals surface area contributed by atoms with E-state index in [2.05, 4.69) is 17.4 Å². The van der Waals surface area contributed by atoms with Crippen LogP contribution in [0.3, 0.4) is 0 Å². The second-order valence-electron chi connectivity index (χ2n) is 4.13. The van der Waals surface area contributed by atoms with Gasteiger partial charge in [-0.15, -0.1) is 0 Å². The Morgan fingerprint density at radius 2 is 2.19 bits per heavy atom. The Morgan fingerprint density at radius 1 is 1.38 bits per heavy atom. The zero-order valence-corrected chi connectivity index (χ0v) is 9.74. The highest BCUT2D eigenvalue weighted by molar-refractivity contribution is 5.27. The van der Waals surface area contributed by atoms with E-state index >= 15 is 0 Å². The Labute approximate surface area is 96.8 Å². The van der Waals surface area contributed by atoms with Crippen molar-refractivity contribution in [3.63, 3.8) is 0 Å². The molecule has 1 saturated heterocycles. The Morgan fingerprint density at radius 3 is 2.81 bits per heavy atom. The van der Waals surface area contributed by atoms with Crippen LogP contribution in [0.5, 0.6) is 5.75 Å². The smallest absolute Gasteiger partial charge is 0.122 e. The Hall–Kier alpha value is -1.06. The summed E-state index contributed by atoms with van der Waals surface area (Å²) in [7, 11) is 1.95. The summed E-state index contributed by atoms with van der Waals surface area (Å²) in [5, 5.41) is 3.12. The molecule has 1 aliphatic rings. The van der Waals surface area contributed by atoms with Crippen LogP contribution in [0.4, 0.5) is 0 Å². The average molecular weight is 221 g/mol. The molecule has 16 heavy (non-hydrogen) atoms. The first-order valence-corrected chi connectivity index (χ1v) is 5.86. The van der Waals surface area contributed by atoms with E-state index in [-0.39, 0.29) is 6.10 Å². The molecular weight excluding hydrogens is 202 g/mol. The largest absolute Gasteiger partial charge is 0.488 e. The van der Waals surface area contributed by atoms with Gasteiger partial charge in [0.2, 0.25) is 0 Å². The third kappa shape index (κ3) is 3.22. The summed E-state index contributed by atoms with van der Waals surface area (Å²) in [6, 6.07) is 8.24. The van der Waals surface area contributed by atoms with Crippen molar-refractivity contribution in [3.05, 3.63) is 29.8 Å². The van der Waals surface area contributed by atoms with E-state index in [9.17, 15) is 0 Å². The molecule has 1 aromatic rings. The minimum Gasteiger partial charge on any atom is -0.488 e. The number of benzene rings is 1. The van der Waals surface area contributed by atoms with Gasteiger partial charge in [-0.3, -0.25) is 0 Å². The molecule has 1 aliphatic heterocycles. The second kappa shape index (κ2) is 5.87. The van der Waals surface area contributed by atoms with E-state index in [0.29, 0.717) is 0 Å². The van der Waals surface area contributed by atoms with Crippen molar-refractivity contribution in [3.8, 4) is 5.75 Å². The van der Waals surface area contributed by atoms with Gasteiger partial charge in [-0.2, -0.15) is 0 Å². The van der Waals surface area contributed by atoms with Crippen LogP contribution in [0.2, 0.25) is 0 Å². The summed E-state index contributed by atoms with van der Waals surface area (Å²) in [5.74, 6) is 0.940. The molecule has 3 nitrogen and oxygen atoms in total. The predicted octanol–water partition coefficient (Wildman–Crippen LogP) is 1.96. The summed E-state index contributed by atoms with van der Waals surface area (Å²) >= 11 is 0. The zero-order valence-electron chi connectivity index (χ0n) is 9.74. The summed E-state index contributed by atoms with van der Waals surface area (Å²) in [6.45, 7) is 2.49. The summed E-state index contributed by atoms with van der Waals surface area (Å²) in [4.78, 5) is 0. The Kier molecular flexibility index (Phi) is 4.19. The molecule has 0 spiro atoms. The van der Waals surface area contributed by atoms with E-state index in [1.165, 1.54) is 5.56 Å². The van der Waals surface area contributed by atoms with Gasteiger partial charge in [0.15, 0.2) is 0 Å². The highest BCUT2D eigenvalue weighted by atomic mass is 16.5. The van der Waals surface area contributed by atoms with Crippen molar-refractivity contribution in [2.75, 3.05) is 20.3 Å². The van der Waals surface area contributed by atoms with Gasteiger partial charge in [-0.1, -0.05) is 12.1 Å². The summed E-state index contributed by atoms with van der Waals surface area (Å²) < 4.78 is 11.2. The monoisotopic (exact) mass is 221 g/mol. The van der Waals surface area contributed by atoms with Crippen molar-refractivity contribution in [1.82, 2.24) is 5.32 Å². The topological polar surface area (TPSA) is 30.5 Å². The van der Waals surface area contributed by atoms with Crippen molar-refractivity contribution >= 4 is 0 Å². The maximum Gasteiger partial charge on any atom is 0.122 e. The van der Waals surface area contributed by atoms with Crippen LogP contribution in [-0.2, 0) is 11.3 Å². The van der Waals surface area contributed by atoms with Gasteiger partial charge in [0, 0.05) is 13.2 Å². The molecule has 1 unspecified atom stereocenters. The summed E-state index contributed by atoms with van der Waals surface area (Å²) in [6.07, 6.45) is 2.42. The van der Waals surface area contributed by atoms with Crippen LogP contribution < -0.4 is 10.1 Å². The summed E-state index contributed by atoms with van der Waals surface area (Å²) in [5.41, 5.74) is 1.27. The van der Waals surface area contributed by atoms with E-state index < -0.39 is 0 Å². The highest BCUT2D eigenvalue weighted by Gasteiger charge is 2.14. The number of hydrogen-bond donors (Lipinski definition) is 1. The molecule has 1 fully saturated rings. The molecule has 0 radical (unpaired) electrons. The lowest BCUT2D eigenvalue weighted by Gasteiger charge is -2.23. The van der Waals surface area contributed by atoms with Crippen molar-refractivity contribution < 1.29 is 9.47 Å². The molecule has 1 heterocycles. The lowest BCUT2D eigenvalue weighted by molar-refractivity contribution is 0.00742. The van der Waals surface area contributed by atoms with Crippen LogP contribution in [0.1, 0.15) is 18.4 Å². The fraction of sp³-hybridized carbons (Fsp3) is 0.538. The zero-order chi connectivity index (χ0) is 11.2. The first-order chi connectivity index (χ1) is 7.88. The lowest BCUT2D eigenvalue weighted by atomic mass is 10.1. The molecule has 1 aromatic carbocycles. The van der Waals surface area contributed by atoms with Gasteiger partial charge in [-0.25, -0.2) is 0 Å². The SMILES string of the molecule is CNCc1ccc(OC2CCCOC2)cc1. The van der Waals surface area contributed by atoms with E-state index in [0.717, 1.165) is 38.3 Å². The standard InChI is InChI=1S/C13H19NO2/c1-14-9-11-4-6-12(7-5-11)16-13-3-2-8-15-10-13/h4-7,13-14H,2-3,8-10H2,1H3. The quantitative estimate of drug-likeness (QED) is 0.843. The van der Waals surface area contributed by atoms with Crippen molar-refractivity contribution in [1.29, 1.82) is 0 Å². The molecule has 0 bridgehead atoms. The Balaban J connectivity index is 1.88. The maximum atomic E-state index is 5.84. The van der Waals surface area contributed by atoms with Gasteiger partial charge < -0.3 is 14.8 Å². The van der Waals surface area contributed by atoms with Crippen LogP contribution in [0, 0.1) is 0 Å². The number of nitrogens with one attached hydrogen (secondary N) is 1. The highest BCUT2D eigenvalue weighted by Crippen LogP contribution is 2.17. The molecule has 0 aromatic heterocycles. The normalized spacial score (nSPS) is 20.7. The number of rotatable bonds is 4.